The second kappa shape index (κ2) is 10.0. The monoisotopic (exact) mass is 461 g/mol. The lowest BCUT2D eigenvalue weighted by atomic mass is 9.98. The SMILES string of the molecule is O=C(O)CCC(NC(=O)OCC1c2ccccc2-c2ccccc21)C(=O)Nc1ncccc1O. The Morgan fingerprint density at radius 1 is 0.971 bits per heavy atom. The Morgan fingerprint density at radius 3 is 2.24 bits per heavy atom. The van der Waals surface area contributed by atoms with Crippen LogP contribution in [-0.2, 0) is 14.3 Å². The van der Waals surface area contributed by atoms with Crippen LogP contribution in [0.2, 0.25) is 0 Å². The van der Waals surface area contributed by atoms with E-state index in [-0.39, 0.29) is 36.9 Å². The average molecular weight is 461 g/mol. The van der Waals surface area contributed by atoms with E-state index >= 15 is 0 Å². The molecule has 4 rings (SSSR count). The number of nitrogens with one attached hydrogen (secondary N) is 2. The second-order valence-electron chi connectivity index (χ2n) is 7.82. The first-order chi connectivity index (χ1) is 16.4. The highest BCUT2D eigenvalue weighted by atomic mass is 16.5. The fourth-order valence-electron chi connectivity index (χ4n) is 4.02. The van der Waals surface area contributed by atoms with E-state index in [2.05, 4.69) is 15.6 Å². The predicted molar refractivity (Wildman–Crippen MR) is 123 cm³/mol. The minimum absolute atomic E-state index is 0.0498. The van der Waals surface area contributed by atoms with Gasteiger partial charge in [0.1, 0.15) is 12.6 Å². The Bertz CT molecular complexity index is 1180. The van der Waals surface area contributed by atoms with Crippen LogP contribution in [0.4, 0.5) is 10.6 Å². The van der Waals surface area contributed by atoms with Gasteiger partial charge in [0, 0.05) is 18.5 Å². The van der Waals surface area contributed by atoms with Gasteiger partial charge in [0.15, 0.2) is 11.6 Å². The molecule has 34 heavy (non-hydrogen) atoms. The van der Waals surface area contributed by atoms with E-state index in [4.69, 9.17) is 9.84 Å². The number of amides is 2. The summed E-state index contributed by atoms with van der Waals surface area (Å²) in [4.78, 5) is 40.1. The van der Waals surface area contributed by atoms with Crippen molar-refractivity contribution in [1.82, 2.24) is 10.3 Å². The Morgan fingerprint density at radius 2 is 1.62 bits per heavy atom. The molecule has 2 amide bonds. The van der Waals surface area contributed by atoms with Crippen molar-refractivity contribution >= 4 is 23.8 Å². The average Bonchev–Trinajstić information content (AvgIpc) is 3.15. The molecule has 0 radical (unpaired) electrons. The van der Waals surface area contributed by atoms with E-state index in [1.54, 1.807) is 0 Å². The van der Waals surface area contributed by atoms with Crippen LogP contribution in [-0.4, -0.2) is 45.8 Å². The zero-order chi connectivity index (χ0) is 24.1. The molecule has 1 aliphatic rings. The van der Waals surface area contributed by atoms with Gasteiger partial charge in [-0.1, -0.05) is 48.5 Å². The van der Waals surface area contributed by atoms with Crippen LogP contribution < -0.4 is 10.6 Å². The molecule has 3 aromatic rings. The number of carboxylic acids is 1. The van der Waals surface area contributed by atoms with E-state index in [0.29, 0.717) is 0 Å². The van der Waals surface area contributed by atoms with Crippen LogP contribution >= 0.6 is 0 Å². The topological polar surface area (TPSA) is 138 Å². The fraction of sp³-hybridized carbons (Fsp3) is 0.200. The maximum atomic E-state index is 12.7. The third kappa shape index (κ3) is 4.98. The minimum atomic E-state index is -1.20. The number of benzene rings is 2. The smallest absolute Gasteiger partial charge is 0.407 e. The van der Waals surface area contributed by atoms with Crippen molar-refractivity contribution in [2.75, 3.05) is 11.9 Å². The zero-order valence-electron chi connectivity index (χ0n) is 18.1. The molecule has 0 aliphatic heterocycles. The van der Waals surface area contributed by atoms with Gasteiger partial charge in [-0.15, -0.1) is 0 Å². The summed E-state index contributed by atoms with van der Waals surface area (Å²) in [5, 5.41) is 23.7. The van der Waals surface area contributed by atoms with Crippen molar-refractivity contribution in [2.24, 2.45) is 0 Å². The number of pyridine rings is 1. The standard InChI is InChI=1S/C25H23N3O6/c29-21-10-5-13-26-23(21)28-24(32)20(11-12-22(30)31)27-25(33)34-14-19-17-8-3-1-6-15(17)16-7-2-4-9-18(16)19/h1-10,13,19-20,29H,11-12,14H2,(H,27,33)(H,30,31)(H,26,28,32). The number of fused-ring (bicyclic) bond motifs is 3. The normalized spacial score (nSPS) is 12.8. The number of anilines is 1. The Balaban J connectivity index is 1.43. The van der Waals surface area contributed by atoms with Crippen molar-refractivity contribution in [3.8, 4) is 16.9 Å². The quantitative estimate of drug-likeness (QED) is 0.403. The highest BCUT2D eigenvalue weighted by molar-refractivity contribution is 5.97. The first kappa shape index (κ1) is 22.8. The molecule has 1 atom stereocenters. The van der Waals surface area contributed by atoms with Crippen LogP contribution in [0.25, 0.3) is 11.1 Å². The molecule has 4 N–H and O–H groups in total. The van der Waals surface area contributed by atoms with Crippen molar-refractivity contribution in [3.05, 3.63) is 78.0 Å². The van der Waals surface area contributed by atoms with Crippen LogP contribution in [0.3, 0.4) is 0 Å². The number of aliphatic carboxylic acids is 1. The van der Waals surface area contributed by atoms with Gasteiger partial charge in [-0.3, -0.25) is 9.59 Å². The number of alkyl carbamates (subject to hydrolysis) is 1. The summed E-state index contributed by atoms with van der Waals surface area (Å²) in [6, 6.07) is 17.4. The molecule has 0 saturated carbocycles. The van der Waals surface area contributed by atoms with Gasteiger partial charge in [0.05, 0.1) is 0 Å². The van der Waals surface area contributed by atoms with Crippen LogP contribution in [0, 0.1) is 0 Å². The number of aromatic nitrogens is 1. The van der Waals surface area contributed by atoms with E-state index in [1.165, 1.54) is 18.3 Å². The third-order valence-corrected chi connectivity index (χ3v) is 5.63. The van der Waals surface area contributed by atoms with Crippen molar-refractivity contribution in [2.45, 2.75) is 24.8 Å². The van der Waals surface area contributed by atoms with Crippen molar-refractivity contribution in [1.29, 1.82) is 0 Å². The molecule has 9 heteroatoms. The molecule has 1 aromatic heterocycles. The summed E-state index contributed by atoms with van der Waals surface area (Å²) >= 11 is 0. The van der Waals surface area contributed by atoms with Crippen LogP contribution in [0.15, 0.2) is 66.9 Å². The number of hydrogen-bond donors (Lipinski definition) is 4. The number of carbonyl (C=O) groups excluding carboxylic acids is 2. The lowest BCUT2D eigenvalue weighted by Crippen LogP contribution is -2.44. The summed E-state index contributed by atoms with van der Waals surface area (Å²) in [7, 11) is 0. The number of aromatic hydroxyl groups is 1. The van der Waals surface area contributed by atoms with Crippen LogP contribution in [0.5, 0.6) is 5.75 Å². The van der Waals surface area contributed by atoms with Crippen molar-refractivity contribution in [3.63, 3.8) is 0 Å². The number of carboxylic acid groups (broad SMARTS) is 1. The molecular weight excluding hydrogens is 438 g/mol. The third-order valence-electron chi connectivity index (χ3n) is 5.63. The number of nitrogens with zero attached hydrogens (tertiary/aromatic N) is 1. The van der Waals surface area contributed by atoms with Gasteiger partial charge < -0.3 is 25.6 Å². The maximum Gasteiger partial charge on any atom is 0.407 e. The first-order valence-corrected chi connectivity index (χ1v) is 10.7. The largest absolute Gasteiger partial charge is 0.504 e. The predicted octanol–water partition coefficient (Wildman–Crippen LogP) is 3.50. The molecule has 0 saturated heterocycles. The maximum absolute atomic E-state index is 12.7. The molecule has 1 unspecified atom stereocenters. The van der Waals surface area contributed by atoms with E-state index < -0.39 is 24.0 Å². The molecule has 2 aromatic carbocycles. The molecule has 174 valence electrons. The molecule has 0 spiro atoms. The number of rotatable bonds is 8. The summed E-state index contributed by atoms with van der Waals surface area (Å²) in [5.74, 6) is -2.34. The highest BCUT2D eigenvalue weighted by Gasteiger charge is 2.30. The Labute approximate surface area is 195 Å². The number of carbonyl (C=O) groups is 3. The summed E-state index contributed by atoms with van der Waals surface area (Å²) in [6.07, 6.45) is 0.00720. The number of ether oxygens (including phenoxy) is 1. The van der Waals surface area contributed by atoms with Gasteiger partial charge in [-0.05, 0) is 40.8 Å². The summed E-state index contributed by atoms with van der Waals surface area (Å²) in [6.45, 7) is 0.0498. The lowest BCUT2D eigenvalue weighted by Gasteiger charge is -2.19. The van der Waals surface area contributed by atoms with E-state index in [0.717, 1.165) is 22.3 Å². The second-order valence-corrected chi connectivity index (χ2v) is 7.82. The Kier molecular flexibility index (Phi) is 6.72. The molecule has 9 nitrogen and oxygen atoms in total. The molecule has 1 aliphatic carbocycles. The van der Waals surface area contributed by atoms with Crippen molar-refractivity contribution < 1.29 is 29.3 Å². The van der Waals surface area contributed by atoms with Gasteiger partial charge in [-0.25, -0.2) is 9.78 Å². The molecule has 1 heterocycles. The van der Waals surface area contributed by atoms with E-state index in [1.807, 2.05) is 48.5 Å². The zero-order valence-corrected chi connectivity index (χ0v) is 18.1. The van der Waals surface area contributed by atoms with E-state index in [9.17, 15) is 19.5 Å². The molecule has 0 bridgehead atoms. The first-order valence-electron chi connectivity index (χ1n) is 10.7. The lowest BCUT2D eigenvalue weighted by molar-refractivity contribution is -0.137. The van der Waals surface area contributed by atoms with Gasteiger partial charge in [0.25, 0.3) is 0 Å². The molecule has 0 fully saturated rings. The van der Waals surface area contributed by atoms with Gasteiger partial charge in [-0.2, -0.15) is 0 Å². The van der Waals surface area contributed by atoms with Gasteiger partial charge in [0.2, 0.25) is 5.91 Å². The fourth-order valence-corrected chi connectivity index (χ4v) is 4.02. The summed E-state index contributed by atoms with van der Waals surface area (Å²) in [5.41, 5.74) is 4.26. The Hall–Kier alpha value is -4.40. The summed E-state index contributed by atoms with van der Waals surface area (Å²) < 4.78 is 5.46. The van der Waals surface area contributed by atoms with Gasteiger partial charge >= 0.3 is 12.1 Å². The highest BCUT2D eigenvalue weighted by Crippen LogP contribution is 2.44. The van der Waals surface area contributed by atoms with Crippen LogP contribution in [0.1, 0.15) is 29.9 Å². The minimum Gasteiger partial charge on any atom is -0.504 e. The molecular formula is C25H23N3O6. The number of hydrogen-bond acceptors (Lipinski definition) is 6.